The van der Waals surface area contributed by atoms with E-state index in [1.54, 1.807) is 6.92 Å². The summed E-state index contributed by atoms with van der Waals surface area (Å²) in [6.45, 7) is 1.41. The first-order chi connectivity index (χ1) is 14.5. The van der Waals surface area contributed by atoms with Crippen molar-refractivity contribution in [1.29, 1.82) is 0 Å². The molecular formula is C22H22N4O4. The summed E-state index contributed by atoms with van der Waals surface area (Å²) in [5, 5.41) is 30.8. The van der Waals surface area contributed by atoms with Crippen LogP contribution in [0.5, 0.6) is 0 Å². The van der Waals surface area contributed by atoms with Crippen molar-refractivity contribution in [1.82, 2.24) is 15.0 Å². The minimum Gasteiger partial charge on any atom is -0.480 e. The van der Waals surface area contributed by atoms with E-state index >= 15 is 0 Å². The number of para-hydroxylation sites is 1. The molecule has 0 fully saturated rings. The van der Waals surface area contributed by atoms with Gasteiger partial charge in [0.15, 0.2) is 6.04 Å². The molecule has 5 rings (SSSR count). The van der Waals surface area contributed by atoms with Crippen LogP contribution >= 0.6 is 0 Å². The van der Waals surface area contributed by atoms with Gasteiger partial charge in [-0.3, -0.25) is 4.99 Å². The van der Waals surface area contributed by atoms with Gasteiger partial charge in [0, 0.05) is 34.8 Å². The number of carboxylic acid groups (broad SMARTS) is 1. The number of hydrogen-bond acceptors (Lipinski definition) is 4. The van der Waals surface area contributed by atoms with Gasteiger partial charge in [-0.05, 0) is 24.6 Å². The number of fused-ring (bicyclic) bond motifs is 4. The second-order valence-corrected chi connectivity index (χ2v) is 7.78. The zero-order valence-corrected chi connectivity index (χ0v) is 16.3. The van der Waals surface area contributed by atoms with E-state index in [2.05, 4.69) is 19.9 Å². The Morgan fingerprint density at radius 2 is 2.07 bits per heavy atom. The van der Waals surface area contributed by atoms with Gasteiger partial charge in [-0.1, -0.05) is 18.2 Å². The molecule has 0 saturated heterocycles. The highest BCUT2D eigenvalue weighted by molar-refractivity contribution is 6.06. The summed E-state index contributed by atoms with van der Waals surface area (Å²) in [5.74, 6) is -1.43. The Morgan fingerprint density at radius 3 is 2.83 bits per heavy atom. The van der Waals surface area contributed by atoms with E-state index in [0.29, 0.717) is 12.1 Å². The molecular weight excluding hydrogens is 384 g/mol. The van der Waals surface area contributed by atoms with Gasteiger partial charge in [-0.25, -0.2) is 4.79 Å². The third-order valence-corrected chi connectivity index (χ3v) is 5.96. The second kappa shape index (κ2) is 6.86. The number of aromatic nitrogens is 3. The van der Waals surface area contributed by atoms with Gasteiger partial charge in [-0.15, -0.1) is 0 Å². The predicted molar refractivity (Wildman–Crippen MR) is 113 cm³/mol. The number of aliphatic carboxylic acids is 1. The van der Waals surface area contributed by atoms with E-state index in [1.165, 1.54) is 0 Å². The average Bonchev–Trinajstić information content (AvgIpc) is 3.42. The van der Waals surface area contributed by atoms with Crippen LogP contribution in [0.15, 0.2) is 41.5 Å². The molecule has 154 valence electrons. The summed E-state index contributed by atoms with van der Waals surface area (Å²) >= 11 is 0. The van der Waals surface area contributed by atoms with Crippen LogP contribution in [0.4, 0.5) is 0 Å². The van der Waals surface area contributed by atoms with E-state index < -0.39 is 24.0 Å². The van der Waals surface area contributed by atoms with Crippen LogP contribution in [0.25, 0.3) is 21.9 Å². The first kappa shape index (κ1) is 18.7. The molecule has 0 saturated carbocycles. The summed E-state index contributed by atoms with van der Waals surface area (Å²) in [6.07, 6.45) is 1.15. The minimum absolute atomic E-state index is 0.294. The molecule has 0 aliphatic carbocycles. The molecule has 0 unspecified atom stereocenters. The lowest BCUT2D eigenvalue weighted by Gasteiger charge is -2.21. The fourth-order valence-corrected chi connectivity index (χ4v) is 4.55. The smallest absolute Gasteiger partial charge is 0.328 e. The van der Waals surface area contributed by atoms with Crippen LogP contribution in [-0.2, 0) is 11.2 Å². The number of H-pyrrole nitrogens is 3. The molecule has 8 heteroatoms. The van der Waals surface area contributed by atoms with Crippen LogP contribution < -0.4 is 0 Å². The SMILES string of the molecule is CC1=N[C@H](C(=O)O)Cc2c1[nH]c1cc([C@H](c3c[nH]c4ccccc34)[C@@H](O)CO)[nH]c21. The van der Waals surface area contributed by atoms with E-state index in [9.17, 15) is 20.1 Å². The number of carbonyl (C=O) groups is 1. The first-order valence-electron chi connectivity index (χ1n) is 9.84. The monoisotopic (exact) mass is 406 g/mol. The second-order valence-electron chi connectivity index (χ2n) is 7.78. The van der Waals surface area contributed by atoms with Crippen LogP contribution in [0.2, 0.25) is 0 Å². The number of nitrogens with zero attached hydrogens (tertiary/aromatic N) is 1. The molecule has 8 nitrogen and oxygen atoms in total. The van der Waals surface area contributed by atoms with E-state index in [1.807, 2.05) is 36.5 Å². The minimum atomic E-state index is -1.00. The Labute approximate surface area is 171 Å². The average molecular weight is 406 g/mol. The number of nitrogens with one attached hydrogen (secondary N) is 3. The van der Waals surface area contributed by atoms with Gasteiger partial charge in [0.25, 0.3) is 0 Å². The molecule has 4 heterocycles. The molecule has 3 atom stereocenters. The number of carboxylic acids is 1. The van der Waals surface area contributed by atoms with E-state index in [-0.39, 0.29) is 6.61 Å². The third-order valence-electron chi connectivity index (χ3n) is 5.96. The standard InChI is InChI=1S/C22H22N4O4/c1-10-20-12(6-17(24-10)22(29)30)21-16(26-20)7-15(25-21)19(18(28)9-27)13-8-23-14-5-3-2-4-11(13)14/h2-5,7-8,17-19,23,25-28H,6,9H2,1H3,(H,29,30)/t17-,18-,19-/m0/s1. The maximum Gasteiger partial charge on any atom is 0.328 e. The topological polar surface area (TPSA) is 137 Å². The van der Waals surface area contributed by atoms with Crippen molar-refractivity contribution in [2.75, 3.05) is 6.61 Å². The number of rotatable bonds is 5. The molecule has 1 aromatic carbocycles. The van der Waals surface area contributed by atoms with Gasteiger partial charge in [0.2, 0.25) is 0 Å². The van der Waals surface area contributed by atoms with E-state index in [0.717, 1.165) is 44.5 Å². The molecule has 0 radical (unpaired) electrons. The number of benzene rings is 1. The van der Waals surface area contributed by atoms with Crippen molar-refractivity contribution in [2.24, 2.45) is 4.99 Å². The molecule has 0 spiro atoms. The Kier molecular flexibility index (Phi) is 4.27. The van der Waals surface area contributed by atoms with Gasteiger partial charge in [0.05, 0.1) is 41.1 Å². The molecule has 4 aromatic rings. The van der Waals surface area contributed by atoms with Crippen molar-refractivity contribution in [3.63, 3.8) is 0 Å². The highest BCUT2D eigenvalue weighted by atomic mass is 16.4. The summed E-state index contributed by atoms with van der Waals surface area (Å²) in [6, 6.07) is 8.92. The summed E-state index contributed by atoms with van der Waals surface area (Å²) in [4.78, 5) is 25.7. The van der Waals surface area contributed by atoms with Gasteiger partial charge >= 0.3 is 5.97 Å². The van der Waals surface area contributed by atoms with Crippen molar-refractivity contribution < 1.29 is 20.1 Å². The lowest BCUT2D eigenvalue weighted by Crippen LogP contribution is -2.27. The first-order valence-corrected chi connectivity index (χ1v) is 9.84. The predicted octanol–water partition coefficient (Wildman–Crippen LogP) is 2.28. The summed E-state index contributed by atoms with van der Waals surface area (Å²) < 4.78 is 0. The van der Waals surface area contributed by atoms with Crippen LogP contribution in [0, 0.1) is 0 Å². The Balaban J connectivity index is 1.64. The van der Waals surface area contributed by atoms with Crippen molar-refractivity contribution >= 4 is 33.6 Å². The van der Waals surface area contributed by atoms with Crippen LogP contribution in [0.3, 0.4) is 0 Å². The summed E-state index contributed by atoms with van der Waals surface area (Å²) in [7, 11) is 0. The zero-order valence-electron chi connectivity index (χ0n) is 16.3. The maximum absolute atomic E-state index is 11.5. The molecule has 3 aromatic heterocycles. The fourth-order valence-electron chi connectivity index (χ4n) is 4.55. The van der Waals surface area contributed by atoms with Crippen molar-refractivity contribution in [2.45, 2.75) is 31.4 Å². The molecule has 30 heavy (non-hydrogen) atoms. The van der Waals surface area contributed by atoms with Crippen molar-refractivity contribution in [3.8, 4) is 0 Å². The van der Waals surface area contributed by atoms with Crippen LogP contribution in [-0.4, -0.2) is 60.7 Å². The number of hydrogen-bond donors (Lipinski definition) is 6. The van der Waals surface area contributed by atoms with Crippen LogP contribution in [0.1, 0.15) is 35.4 Å². The normalized spacial score (nSPS) is 18.4. The Morgan fingerprint density at radius 1 is 1.27 bits per heavy atom. The van der Waals surface area contributed by atoms with E-state index in [4.69, 9.17) is 0 Å². The lowest BCUT2D eigenvalue weighted by atomic mass is 9.90. The summed E-state index contributed by atoms with van der Waals surface area (Å²) in [5.41, 5.74) is 6.61. The Hall–Kier alpha value is -3.36. The zero-order chi connectivity index (χ0) is 21.0. The lowest BCUT2D eigenvalue weighted by molar-refractivity contribution is -0.138. The number of aromatic amines is 3. The fraction of sp³-hybridized carbons (Fsp3) is 0.273. The Bertz CT molecular complexity index is 1300. The van der Waals surface area contributed by atoms with Gasteiger partial charge in [-0.2, -0.15) is 0 Å². The molecule has 0 amide bonds. The van der Waals surface area contributed by atoms with Gasteiger partial charge < -0.3 is 30.3 Å². The quantitative estimate of drug-likeness (QED) is 0.303. The van der Waals surface area contributed by atoms with Crippen molar-refractivity contribution in [3.05, 3.63) is 59.0 Å². The highest BCUT2D eigenvalue weighted by Crippen LogP contribution is 2.36. The maximum atomic E-state index is 11.5. The largest absolute Gasteiger partial charge is 0.480 e. The third kappa shape index (κ3) is 2.76. The molecule has 1 aliphatic rings. The molecule has 0 bridgehead atoms. The number of aliphatic hydroxyl groups excluding tert-OH is 2. The number of aliphatic hydroxyl groups is 2. The molecule has 1 aliphatic heterocycles. The molecule has 6 N–H and O–H groups in total. The van der Waals surface area contributed by atoms with Gasteiger partial charge in [0.1, 0.15) is 0 Å². The highest BCUT2D eigenvalue weighted by Gasteiger charge is 2.31. The number of aliphatic imine (C=N–C) groups is 1.